The first-order chi connectivity index (χ1) is 7.25. The van der Waals surface area contributed by atoms with E-state index in [1.165, 1.54) is 25.9 Å². The second-order valence-corrected chi connectivity index (χ2v) is 4.86. The lowest BCUT2D eigenvalue weighted by Gasteiger charge is -2.35. The highest BCUT2D eigenvalue weighted by molar-refractivity contribution is 4.80. The third-order valence-corrected chi connectivity index (χ3v) is 3.31. The highest BCUT2D eigenvalue weighted by Gasteiger charge is 2.21. The summed E-state index contributed by atoms with van der Waals surface area (Å²) >= 11 is 0. The van der Waals surface area contributed by atoms with Crippen LogP contribution in [-0.4, -0.2) is 33.6 Å². The molecule has 0 aliphatic carbocycles. The zero-order valence-corrected chi connectivity index (χ0v) is 9.76. The number of hydrogen-bond acceptors (Lipinski definition) is 2. The summed E-state index contributed by atoms with van der Waals surface area (Å²) in [5, 5.41) is 0. The molecule has 0 amide bonds. The first-order valence-electron chi connectivity index (χ1n) is 5.95. The van der Waals surface area contributed by atoms with Crippen LogP contribution in [0.15, 0.2) is 18.7 Å². The number of rotatable bonds is 3. The van der Waals surface area contributed by atoms with E-state index in [-0.39, 0.29) is 0 Å². The Kier molecular flexibility index (Phi) is 3.41. The Labute approximate surface area is 92.1 Å². The second kappa shape index (κ2) is 4.79. The maximum atomic E-state index is 4.09. The van der Waals surface area contributed by atoms with E-state index in [4.69, 9.17) is 0 Å². The first-order valence-corrected chi connectivity index (χ1v) is 5.95. The minimum Gasteiger partial charge on any atom is -0.337 e. The smallest absolute Gasteiger partial charge is 0.0946 e. The third kappa shape index (κ3) is 2.81. The van der Waals surface area contributed by atoms with E-state index in [0.29, 0.717) is 6.04 Å². The molecule has 0 bridgehead atoms. The molecular weight excluding hydrogens is 186 g/mol. The van der Waals surface area contributed by atoms with E-state index >= 15 is 0 Å². The zero-order chi connectivity index (χ0) is 10.7. The van der Waals surface area contributed by atoms with E-state index in [0.717, 1.165) is 12.5 Å². The fourth-order valence-corrected chi connectivity index (χ4v) is 2.41. The molecule has 1 fully saturated rings. The zero-order valence-electron chi connectivity index (χ0n) is 9.76. The van der Waals surface area contributed by atoms with Crippen LogP contribution in [0.4, 0.5) is 0 Å². The van der Waals surface area contributed by atoms with Gasteiger partial charge < -0.3 is 9.47 Å². The van der Waals surface area contributed by atoms with Crippen LogP contribution < -0.4 is 0 Å². The average Bonchev–Trinajstić information content (AvgIpc) is 2.71. The Morgan fingerprint density at radius 2 is 2.33 bits per heavy atom. The Balaban J connectivity index is 1.88. The quantitative estimate of drug-likeness (QED) is 0.756. The van der Waals surface area contributed by atoms with Gasteiger partial charge in [0.25, 0.3) is 0 Å². The summed E-state index contributed by atoms with van der Waals surface area (Å²) in [7, 11) is 0. The van der Waals surface area contributed by atoms with Crippen LogP contribution in [0.25, 0.3) is 0 Å². The monoisotopic (exact) mass is 207 g/mol. The standard InChI is InChI=1S/C12H21N3/c1-11(2)15-6-3-4-12(9-15)8-14-7-5-13-10-14/h5,7,10-12H,3-4,6,8-9H2,1-2H3. The molecule has 84 valence electrons. The third-order valence-electron chi connectivity index (χ3n) is 3.31. The predicted molar refractivity (Wildman–Crippen MR) is 61.7 cm³/mol. The van der Waals surface area contributed by atoms with E-state index in [1.54, 1.807) is 0 Å². The van der Waals surface area contributed by atoms with Crippen LogP contribution in [0.5, 0.6) is 0 Å². The molecule has 1 aliphatic heterocycles. The highest BCUT2D eigenvalue weighted by atomic mass is 15.2. The van der Waals surface area contributed by atoms with Crippen molar-refractivity contribution in [2.45, 2.75) is 39.3 Å². The Morgan fingerprint density at radius 3 is 3.00 bits per heavy atom. The SMILES string of the molecule is CC(C)N1CCCC(Cn2ccnc2)C1. The van der Waals surface area contributed by atoms with E-state index in [9.17, 15) is 0 Å². The van der Waals surface area contributed by atoms with Crippen LogP contribution in [0.1, 0.15) is 26.7 Å². The molecule has 1 aromatic rings. The highest BCUT2D eigenvalue weighted by Crippen LogP contribution is 2.19. The van der Waals surface area contributed by atoms with E-state index in [1.807, 2.05) is 12.5 Å². The molecule has 0 saturated carbocycles. The van der Waals surface area contributed by atoms with Gasteiger partial charge in [-0.05, 0) is 39.2 Å². The summed E-state index contributed by atoms with van der Waals surface area (Å²) in [6.07, 6.45) is 8.56. The number of likely N-dealkylation sites (tertiary alicyclic amines) is 1. The van der Waals surface area contributed by atoms with Crippen LogP contribution in [0.3, 0.4) is 0 Å². The number of nitrogens with zero attached hydrogens (tertiary/aromatic N) is 3. The van der Waals surface area contributed by atoms with Gasteiger partial charge in [0, 0.05) is 31.5 Å². The molecule has 1 atom stereocenters. The van der Waals surface area contributed by atoms with Crippen molar-refractivity contribution in [2.75, 3.05) is 13.1 Å². The molecule has 1 unspecified atom stereocenters. The fraction of sp³-hybridized carbons (Fsp3) is 0.750. The molecule has 0 radical (unpaired) electrons. The molecule has 3 nitrogen and oxygen atoms in total. The molecular formula is C12H21N3. The largest absolute Gasteiger partial charge is 0.337 e. The molecule has 2 heterocycles. The molecule has 1 saturated heterocycles. The molecule has 0 aromatic carbocycles. The summed E-state index contributed by atoms with van der Waals surface area (Å²) in [6, 6.07) is 0.690. The molecule has 15 heavy (non-hydrogen) atoms. The molecule has 0 spiro atoms. The molecule has 3 heteroatoms. The van der Waals surface area contributed by atoms with Crippen LogP contribution in [0, 0.1) is 5.92 Å². The molecule has 1 aliphatic rings. The number of imidazole rings is 1. The number of aromatic nitrogens is 2. The van der Waals surface area contributed by atoms with Crippen molar-refractivity contribution in [3.05, 3.63) is 18.7 Å². The molecule has 2 rings (SSSR count). The summed E-state index contributed by atoms with van der Waals surface area (Å²) in [6.45, 7) is 8.23. The first kappa shape index (κ1) is 10.7. The van der Waals surface area contributed by atoms with Crippen molar-refractivity contribution in [3.63, 3.8) is 0 Å². The van der Waals surface area contributed by atoms with Crippen LogP contribution in [-0.2, 0) is 6.54 Å². The van der Waals surface area contributed by atoms with Crippen molar-refractivity contribution >= 4 is 0 Å². The maximum absolute atomic E-state index is 4.09. The van der Waals surface area contributed by atoms with Crippen molar-refractivity contribution in [2.24, 2.45) is 5.92 Å². The average molecular weight is 207 g/mol. The van der Waals surface area contributed by atoms with Crippen LogP contribution in [0.2, 0.25) is 0 Å². The van der Waals surface area contributed by atoms with Crippen LogP contribution >= 0.6 is 0 Å². The summed E-state index contributed by atoms with van der Waals surface area (Å²) in [5.41, 5.74) is 0. The van der Waals surface area contributed by atoms with Gasteiger partial charge in [-0.15, -0.1) is 0 Å². The summed E-state index contributed by atoms with van der Waals surface area (Å²) in [5.74, 6) is 0.801. The van der Waals surface area contributed by atoms with Gasteiger partial charge in [0.2, 0.25) is 0 Å². The van der Waals surface area contributed by atoms with Gasteiger partial charge in [-0.3, -0.25) is 0 Å². The van der Waals surface area contributed by atoms with Gasteiger partial charge in [0.1, 0.15) is 0 Å². The minimum atomic E-state index is 0.690. The minimum absolute atomic E-state index is 0.690. The second-order valence-electron chi connectivity index (χ2n) is 4.86. The Morgan fingerprint density at radius 1 is 1.47 bits per heavy atom. The lowest BCUT2D eigenvalue weighted by atomic mass is 9.97. The Bertz CT molecular complexity index is 279. The maximum Gasteiger partial charge on any atom is 0.0946 e. The lowest BCUT2D eigenvalue weighted by Crippen LogP contribution is -2.41. The molecule has 1 aromatic heterocycles. The summed E-state index contributed by atoms with van der Waals surface area (Å²) < 4.78 is 2.20. The van der Waals surface area contributed by atoms with Gasteiger partial charge in [-0.1, -0.05) is 0 Å². The van der Waals surface area contributed by atoms with E-state index in [2.05, 4.69) is 34.5 Å². The van der Waals surface area contributed by atoms with Crippen molar-refractivity contribution < 1.29 is 0 Å². The number of hydrogen-bond donors (Lipinski definition) is 0. The topological polar surface area (TPSA) is 21.1 Å². The predicted octanol–water partition coefficient (Wildman–Crippen LogP) is 2.00. The van der Waals surface area contributed by atoms with Gasteiger partial charge in [0.05, 0.1) is 6.33 Å². The lowest BCUT2D eigenvalue weighted by molar-refractivity contribution is 0.131. The normalized spacial score (nSPS) is 23.5. The van der Waals surface area contributed by atoms with Crippen molar-refractivity contribution in [1.82, 2.24) is 14.5 Å². The number of piperidine rings is 1. The van der Waals surface area contributed by atoms with Gasteiger partial charge >= 0.3 is 0 Å². The van der Waals surface area contributed by atoms with Crippen molar-refractivity contribution in [3.8, 4) is 0 Å². The Hall–Kier alpha value is -0.830. The van der Waals surface area contributed by atoms with E-state index < -0.39 is 0 Å². The fourth-order valence-electron chi connectivity index (χ4n) is 2.41. The van der Waals surface area contributed by atoms with Gasteiger partial charge in [0.15, 0.2) is 0 Å². The van der Waals surface area contributed by atoms with Gasteiger partial charge in [-0.2, -0.15) is 0 Å². The summed E-state index contributed by atoms with van der Waals surface area (Å²) in [4.78, 5) is 6.68. The molecule has 0 N–H and O–H groups in total. The van der Waals surface area contributed by atoms with Crippen molar-refractivity contribution in [1.29, 1.82) is 0 Å². The van der Waals surface area contributed by atoms with Gasteiger partial charge in [-0.25, -0.2) is 4.98 Å².